The average molecular weight is 484 g/mol. The number of rotatable bonds is 8. The molecular formula is C26H27F2N3O4. The predicted molar refractivity (Wildman–Crippen MR) is 125 cm³/mol. The van der Waals surface area contributed by atoms with Crippen LogP contribution in [0, 0.1) is 11.6 Å². The predicted octanol–water partition coefficient (Wildman–Crippen LogP) is 3.38. The largest absolute Gasteiger partial charge is 0.492 e. The van der Waals surface area contributed by atoms with Gasteiger partial charge in [0.05, 0.1) is 13.7 Å². The molecule has 0 amide bonds. The fraction of sp³-hybridized carbons (Fsp3) is 0.346. The van der Waals surface area contributed by atoms with E-state index in [1.54, 1.807) is 18.5 Å². The summed E-state index contributed by atoms with van der Waals surface area (Å²) in [5.74, 6) is -2.15. The number of carbonyl (C=O) groups is 1. The minimum absolute atomic E-state index is 0.192. The van der Waals surface area contributed by atoms with Crippen molar-refractivity contribution in [1.29, 1.82) is 0 Å². The number of halogens is 2. The number of nitrogens with zero attached hydrogens (tertiary/aromatic N) is 3. The highest BCUT2D eigenvalue weighted by molar-refractivity contribution is 5.93. The van der Waals surface area contributed by atoms with Gasteiger partial charge in [-0.25, -0.2) is 13.6 Å². The fourth-order valence-corrected chi connectivity index (χ4v) is 4.30. The van der Waals surface area contributed by atoms with Crippen LogP contribution >= 0.6 is 0 Å². The van der Waals surface area contributed by atoms with Crippen LogP contribution in [0.3, 0.4) is 0 Å². The van der Waals surface area contributed by atoms with Gasteiger partial charge >= 0.3 is 5.97 Å². The summed E-state index contributed by atoms with van der Waals surface area (Å²) in [5, 5.41) is 0. The molecule has 184 valence electrons. The number of carbonyl (C=O) groups excluding carboxylic acids is 1. The Bertz CT molecular complexity index is 1250. The van der Waals surface area contributed by atoms with Crippen molar-refractivity contribution in [1.82, 2.24) is 14.5 Å². The first-order valence-electron chi connectivity index (χ1n) is 11.5. The van der Waals surface area contributed by atoms with Crippen LogP contribution in [0.4, 0.5) is 8.78 Å². The Morgan fingerprint density at radius 3 is 2.77 bits per heavy atom. The number of benzene rings is 1. The lowest BCUT2D eigenvalue weighted by Gasteiger charge is -2.19. The summed E-state index contributed by atoms with van der Waals surface area (Å²) in [5.41, 5.74) is 1.78. The number of aryl methyl sites for hydroxylation is 1. The van der Waals surface area contributed by atoms with Crippen molar-refractivity contribution in [2.75, 3.05) is 26.8 Å². The standard InChI is InChI=1S/C26H27F2N3O4/c1-34-26(33)24-21-9-11-30(17-19-7-2-8-20(27)25(19)28)12-13-31(21)23(32)15-22(24)35-14-4-6-18-5-3-10-29-16-18/h2-3,5,7-8,10,15-16H,4,6,9,11-14,17H2,1H3. The average Bonchev–Trinajstić information content (AvgIpc) is 3.08. The third-order valence-electron chi connectivity index (χ3n) is 6.09. The van der Waals surface area contributed by atoms with Crippen LogP contribution in [0.15, 0.2) is 53.6 Å². The minimum atomic E-state index is -0.893. The van der Waals surface area contributed by atoms with Crippen LogP contribution in [-0.2, 0) is 30.7 Å². The van der Waals surface area contributed by atoms with E-state index in [-0.39, 0.29) is 29.0 Å². The zero-order valence-corrected chi connectivity index (χ0v) is 19.5. The zero-order valence-electron chi connectivity index (χ0n) is 19.5. The van der Waals surface area contributed by atoms with Crippen LogP contribution in [0.1, 0.15) is 33.6 Å². The molecule has 1 aliphatic heterocycles. The summed E-state index contributed by atoms with van der Waals surface area (Å²) in [6, 6.07) is 9.26. The van der Waals surface area contributed by atoms with Crippen molar-refractivity contribution < 1.29 is 23.0 Å². The van der Waals surface area contributed by atoms with Gasteiger partial charge in [-0.2, -0.15) is 0 Å². The molecule has 0 unspecified atom stereocenters. The summed E-state index contributed by atoms with van der Waals surface area (Å²) >= 11 is 0. The summed E-state index contributed by atoms with van der Waals surface area (Å²) in [6.07, 6.45) is 5.27. The van der Waals surface area contributed by atoms with E-state index in [0.29, 0.717) is 44.8 Å². The van der Waals surface area contributed by atoms with Crippen molar-refractivity contribution in [3.8, 4) is 5.75 Å². The first kappa shape index (κ1) is 24.5. The van der Waals surface area contributed by atoms with Crippen molar-refractivity contribution in [2.24, 2.45) is 0 Å². The Balaban J connectivity index is 1.52. The van der Waals surface area contributed by atoms with Gasteiger partial charge in [-0.05, 0) is 30.5 Å². The van der Waals surface area contributed by atoms with Gasteiger partial charge in [0, 0.05) is 62.3 Å². The summed E-state index contributed by atoms with van der Waals surface area (Å²) in [6.45, 7) is 1.69. The lowest BCUT2D eigenvalue weighted by atomic mass is 10.1. The third kappa shape index (κ3) is 5.74. The van der Waals surface area contributed by atoms with Crippen LogP contribution in [0.2, 0.25) is 0 Å². The maximum Gasteiger partial charge on any atom is 0.343 e. The lowest BCUT2D eigenvalue weighted by Crippen LogP contribution is -2.29. The van der Waals surface area contributed by atoms with Crippen molar-refractivity contribution in [2.45, 2.75) is 32.4 Å². The summed E-state index contributed by atoms with van der Waals surface area (Å²) in [4.78, 5) is 31.6. The molecule has 0 radical (unpaired) electrons. The molecular weight excluding hydrogens is 456 g/mol. The molecule has 0 bridgehead atoms. The number of ether oxygens (including phenoxy) is 2. The molecule has 9 heteroatoms. The van der Waals surface area contributed by atoms with E-state index in [4.69, 9.17) is 9.47 Å². The molecule has 0 saturated carbocycles. The molecule has 3 aromatic rings. The molecule has 0 spiro atoms. The third-order valence-corrected chi connectivity index (χ3v) is 6.09. The van der Waals surface area contributed by atoms with Crippen LogP contribution in [0.25, 0.3) is 0 Å². The number of pyridine rings is 2. The SMILES string of the molecule is COC(=O)c1c(OCCCc2cccnc2)cc(=O)n2c1CCN(Cc1cccc(F)c1F)CC2. The van der Waals surface area contributed by atoms with Crippen molar-refractivity contribution in [3.05, 3.63) is 93.2 Å². The molecule has 0 aliphatic carbocycles. The number of aromatic nitrogens is 2. The van der Waals surface area contributed by atoms with E-state index in [0.717, 1.165) is 18.1 Å². The van der Waals surface area contributed by atoms with E-state index in [1.807, 2.05) is 17.0 Å². The Morgan fingerprint density at radius 2 is 2.00 bits per heavy atom. The second-order valence-corrected chi connectivity index (χ2v) is 8.36. The van der Waals surface area contributed by atoms with Gasteiger partial charge < -0.3 is 14.0 Å². The van der Waals surface area contributed by atoms with E-state index in [2.05, 4.69) is 4.98 Å². The Kier molecular flexibility index (Phi) is 7.87. The number of hydrogen-bond acceptors (Lipinski definition) is 6. The second kappa shape index (κ2) is 11.2. The Morgan fingerprint density at radius 1 is 1.14 bits per heavy atom. The van der Waals surface area contributed by atoms with Crippen LogP contribution < -0.4 is 10.3 Å². The van der Waals surface area contributed by atoms with E-state index in [1.165, 1.54) is 23.8 Å². The molecule has 0 saturated heterocycles. The molecule has 4 rings (SSSR count). The molecule has 3 heterocycles. The van der Waals surface area contributed by atoms with Gasteiger partial charge in [0.25, 0.3) is 5.56 Å². The van der Waals surface area contributed by atoms with Gasteiger partial charge in [-0.15, -0.1) is 0 Å². The van der Waals surface area contributed by atoms with E-state index in [9.17, 15) is 18.4 Å². The van der Waals surface area contributed by atoms with Crippen molar-refractivity contribution in [3.63, 3.8) is 0 Å². The highest BCUT2D eigenvalue weighted by Crippen LogP contribution is 2.25. The number of esters is 1. The highest BCUT2D eigenvalue weighted by Gasteiger charge is 2.26. The quantitative estimate of drug-likeness (QED) is 0.361. The monoisotopic (exact) mass is 483 g/mol. The van der Waals surface area contributed by atoms with Gasteiger partial charge in [-0.1, -0.05) is 18.2 Å². The van der Waals surface area contributed by atoms with Crippen LogP contribution in [0.5, 0.6) is 5.75 Å². The summed E-state index contributed by atoms with van der Waals surface area (Å²) in [7, 11) is 1.28. The second-order valence-electron chi connectivity index (χ2n) is 8.36. The van der Waals surface area contributed by atoms with E-state index >= 15 is 0 Å². The Hall–Kier alpha value is -3.59. The number of fused-ring (bicyclic) bond motifs is 1. The molecule has 0 fully saturated rings. The number of methoxy groups -OCH3 is 1. The molecule has 0 atom stereocenters. The highest BCUT2D eigenvalue weighted by atomic mass is 19.2. The van der Waals surface area contributed by atoms with Gasteiger partial charge in [0.15, 0.2) is 11.6 Å². The first-order valence-corrected chi connectivity index (χ1v) is 11.5. The van der Waals surface area contributed by atoms with Gasteiger partial charge in [0.1, 0.15) is 11.3 Å². The first-order chi connectivity index (χ1) is 17.0. The molecule has 0 N–H and O–H groups in total. The maximum atomic E-state index is 14.2. The van der Waals surface area contributed by atoms with Crippen molar-refractivity contribution >= 4 is 5.97 Å². The minimum Gasteiger partial charge on any atom is -0.492 e. The summed E-state index contributed by atoms with van der Waals surface area (Å²) < 4.78 is 40.2. The molecule has 2 aromatic heterocycles. The smallest absolute Gasteiger partial charge is 0.343 e. The molecule has 1 aromatic carbocycles. The molecule has 35 heavy (non-hydrogen) atoms. The number of hydrogen-bond donors (Lipinski definition) is 0. The molecule has 7 nitrogen and oxygen atoms in total. The lowest BCUT2D eigenvalue weighted by molar-refractivity contribution is 0.0593. The normalized spacial score (nSPS) is 13.7. The molecule has 1 aliphatic rings. The van der Waals surface area contributed by atoms with Crippen LogP contribution in [-0.4, -0.2) is 47.2 Å². The van der Waals surface area contributed by atoms with Gasteiger partial charge in [0.2, 0.25) is 0 Å². The topological polar surface area (TPSA) is 73.7 Å². The Labute approximate surface area is 201 Å². The maximum absolute atomic E-state index is 14.2. The van der Waals surface area contributed by atoms with E-state index < -0.39 is 17.6 Å². The zero-order chi connectivity index (χ0) is 24.8. The van der Waals surface area contributed by atoms with Gasteiger partial charge in [-0.3, -0.25) is 14.7 Å². The fourth-order valence-electron chi connectivity index (χ4n) is 4.30.